The number of piperidine rings is 1. The first-order valence-corrected chi connectivity index (χ1v) is 11.5. The highest BCUT2D eigenvalue weighted by Gasteiger charge is 2.38. The van der Waals surface area contributed by atoms with Gasteiger partial charge in [0.1, 0.15) is 5.82 Å². The highest BCUT2D eigenvalue weighted by Crippen LogP contribution is 2.35. The topological polar surface area (TPSA) is 79.4 Å². The van der Waals surface area contributed by atoms with E-state index in [0.717, 1.165) is 25.2 Å². The fraction of sp³-hybridized carbons (Fsp3) is 0.773. The molecule has 29 heavy (non-hydrogen) atoms. The molecule has 7 nitrogen and oxygen atoms in total. The van der Waals surface area contributed by atoms with E-state index in [1.54, 1.807) is 6.07 Å². The molecule has 160 valence electrons. The fourth-order valence-electron chi connectivity index (χ4n) is 5.09. The third-order valence-corrected chi connectivity index (χ3v) is 6.86. The van der Waals surface area contributed by atoms with Crippen molar-refractivity contribution in [1.29, 1.82) is 0 Å². The van der Waals surface area contributed by atoms with Crippen molar-refractivity contribution in [3.05, 3.63) is 17.8 Å². The summed E-state index contributed by atoms with van der Waals surface area (Å²) >= 11 is 0. The summed E-state index contributed by atoms with van der Waals surface area (Å²) in [5.74, 6) is 0.614. The van der Waals surface area contributed by atoms with Gasteiger partial charge in [0.25, 0.3) is 5.91 Å². The van der Waals surface area contributed by atoms with Crippen molar-refractivity contribution in [3.63, 3.8) is 0 Å². The van der Waals surface area contributed by atoms with Gasteiger partial charge in [-0.3, -0.25) is 9.69 Å². The summed E-state index contributed by atoms with van der Waals surface area (Å²) in [7, 11) is 0. The number of nitrogens with one attached hydrogen (secondary N) is 2. The van der Waals surface area contributed by atoms with Gasteiger partial charge in [0, 0.05) is 31.3 Å². The lowest BCUT2D eigenvalue weighted by Gasteiger charge is -2.48. The van der Waals surface area contributed by atoms with Gasteiger partial charge in [-0.1, -0.05) is 25.7 Å². The zero-order valence-corrected chi connectivity index (χ0v) is 17.5. The van der Waals surface area contributed by atoms with Crippen LogP contribution in [0.3, 0.4) is 0 Å². The molecule has 2 N–H and O–H groups in total. The van der Waals surface area contributed by atoms with Gasteiger partial charge in [0.2, 0.25) is 0 Å². The molecule has 0 radical (unpaired) electrons. The van der Waals surface area contributed by atoms with E-state index in [9.17, 15) is 4.79 Å². The Morgan fingerprint density at radius 2 is 1.76 bits per heavy atom. The second-order valence-electron chi connectivity index (χ2n) is 8.85. The minimum Gasteiger partial charge on any atom is -0.381 e. The van der Waals surface area contributed by atoms with E-state index in [1.165, 1.54) is 64.5 Å². The lowest BCUT2D eigenvalue weighted by molar-refractivity contribution is 0.0436. The molecule has 7 heteroatoms. The summed E-state index contributed by atoms with van der Waals surface area (Å²) in [6.45, 7) is 4.77. The van der Waals surface area contributed by atoms with Crippen LogP contribution in [0.1, 0.15) is 74.7 Å². The number of carbonyl (C=O) groups excluding carboxylic acids is 1. The third-order valence-electron chi connectivity index (χ3n) is 6.86. The van der Waals surface area contributed by atoms with Crippen molar-refractivity contribution in [3.8, 4) is 0 Å². The Balaban J connectivity index is 1.34. The molecule has 3 aliphatic rings. The average molecular weight is 402 g/mol. The van der Waals surface area contributed by atoms with Crippen LogP contribution in [0.2, 0.25) is 0 Å². The summed E-state index contributed by atoms with van der Waals surface area (Å²) < 4.78 is 5.34. The molecular formula is C22H35N5O2. The van der Waals surface area contributed by atoms with Crippen LogP contribution < -0.4 is 10.6 Å². The van der Waals surface area contributed by atoms with Crippen molar-refractivity contribution < 1.29 is 9.53 Å². The van der Waals surface area contributed by atoms with Crippen molar-refractivity contribution in [1.82, 2.24) is 20.4 Å². The maximum Gasteiger partial charge on any atom is 0.272 e. The molecule has 3 heterocycles. The summed E-state index contributed by atoms with van der Waals surface area (Å²) in [6, 6.07) is 3.84. The van der Waals surface area contributed by atoms with Gasteiger partial charge in [-0.05, 0) is 63.7 Å². The predicted molar refractivity (Wildman–Crippen MR) is 113 cm³/mol. The summed E-state index contributed by atoms with van der Waals surface area (Å²) in [5, 5.41) is 15.0. The maximum atomic E-state index is 12.4. The fourth-order valence-corrected chi connectivity index (χ4v) is 5.09. The van der Waals surface area contributed by atoms with E-state index in [1.807, 2.05) is 6.07 Å². The number of likely N-dealkylation sites (tertiary alicyclic amines) is 1. The van der Waals surface area contributed by atoms with Crippen molar-refractivity contribution >= 4 is 11.7 Å². The molecule has 1 aromatic rings. The van der Waals surface area contributed by atoms with Gasteiger partial charge >= 0.3 is 0 Å². The quantitative estimate of drug-likeness (QED) is 0.763. The number of aromatic nitrogens is 2. The average Bonchev–Trinajstić information content (AvgIpc) is 2.80. The number of hydrogen-bond donors (Lipinski definition) is 2. The van der Waals surface area contributed by atoms with Crippen LogP contribution in [0, 0.1) is 0 Å². The van der Waals surface area contributed by atoms with Gasteiger partial charge in [0.15, 0.2) is 5.69 Å². The number of rotatable bonds is 6. The van der Waals surface area contributed by atoms with Crippen LogP contribution in [-0.4, -0.2) is 65.4 Å². The molecule has 3 fully saturated rings. The molecule has 1 aliphatic carbocycles. The van der Waals surface area contributed by atoms with Gasteiger partial charge in [-0.25, -0.2) is 0 Å². The first-order chi connectivity index (χ1) is 14.3. The Kier molecular flexibility index (Phi) is 6.98. The standard InChI is InChI=1S/C22H35N5O2/c28-21(24-18-9-15-29-16-10-18)19-7-8-20(26-25-19)23-17-22(11-3-1-4-12-22)27-13-5-2-6-14-27/h7-8,18H,1-6,9-17H2,(H,23,26)(H,24,28). The van der Waals surface area contributed by atoms with Crippen molar-refractivity contribution in [2.45, 2.75) is 75.8 Å². The van der Waals surface area contributed by atoms with Gasteiger partial charge in [0.05, 0.1) is 0 Å². The minimum absolute atomic E-state index is 0.145. The molecular weight excluding hydrogens is 366 g/mol. The number of ether oxygens (including phenoxy) is 1. The maximum absolute atomic E-state index is 12.4. The summed E-state index contributed by atoms with van der Waals surface area (Å²) in [4.78, 5) is 15.1. The van der Waals surface area contributed by atoms with E-state index in [2.05, 4.69) is 25.7 Å². The SMILES string of the molecule is O=C(NC1CCOCC1)c1ccc(NCC2(N3CCCCC3)CCCCC2)nn1. The zero-order chi connectivity index (χ0) is 19.9. The molecule has 0 atom stereocenters. The van der Waals surface area contributed by atoms with E-state index in [0.29, 0.717) is 18.9 Å². The second kappa shape index (κ2) is 9.85. The van der Waals surface area contributed by atoms with Crippen molar-refractivity contribution in [2.75, 3.05) is 38.2 Å². The zero-order valence-electron chi connectivity index (χ0n) is 17.5. The van der Waals surface area contributed by atoms with Gasteiger partial charge in [-0.2, -0.15) is 0 Å². The van der Waals surface area contributed by atoms with Crippen LogP contribution in [0.4, 0.5) is 5.82 Å². The van der Waals surface area contributed by atoms with Gasteiger partial charge in [-0.15, -0.1) is 10.2 Å². The van der Waals surface area contributed by atoms with Crippen LogP contribution in [0.25, 0.3) is 0 Å². The molecule has 1 amide bonds. The monoisotopic (exact) mass is 401 g/mol. The Morgan fingerprint density at radius 1 is 1.03 bits per heavy atom. The highest BCUT2D eigenvalue weighted by atomic mass is 16.5. The molecule has 4 rings (SSSR count). The second-order valence-corrected chi connectivity index (χ2v) is 8.85. The highest BCUT2D eigenvalue weighted by molar-refractivity contribution is 5.92. The minimum atomic E-state index is -0.145. The Morgan fingerprint density at radius 3 is 2.45 bits per heavy atom. The number of nitrogens with zero attached hydrogens (tertiary/aromatic N) is 3. The lowest BCUT2D eigenvalue weighted by atomic mass is 9.79. The van der Waals surface area contributed by atoms with Crippen LogP contribution >= 0.6 is 0 Å². The van der Waals surface area contributed by atoms with E-state index in [-0.39, 0.29) is 17.5 Å². The van der Waals surface area contributed by atoms with E-state index >= 15 is 0 Å². The predicted octanol–water partition coefficient (Wildman–Crippen LogP) is 2.99. The first-order valence-electron chi connectivity index (χ1n) is 11.5. The molecule has 1 aromatic heterocycles. The Labute approximate surface area is 174 Å². The number of anilines is 1. The van der Waals surface area contributed by atoms with Crippen LogP contribution in [0.15, 0.2) is 12.1 Å². The van der Waals surface area contributed by atoms with Crippen LogP contribution in [0.5, 0.6) is 0 Å². The first kappa shape index (κ1) is 20.5. The lowest BCUT2D eigenvalue weighted by Crippen LogP contribution is -2.56. The largest absolute Gasteiger partial charge is 0.381 e. The van der Waals surface area contributed by atoms with Crippen molar-refractivity contribution in [2.24, 2.45) is 0 Å². The normalized spacial score (nSPS) is 23.4. The van der Waals surface area contributed by atoms with E-state index in [4.69, 9.17) is 4.74 Å². The molecule has 1 saturated carbocycles. The molecule has 0 unspecified atom stereocenters. The Bertz CT molecular complexity index is 648. The number of hydrogen-bond acceptors (Lipinski definition) is 6. The molecule has 0 spiro atoms. The molecule has 0 bridgehead atoms. The summed E-state index contributed by atoms with van der Waals surface area (Å²) in [6.07, 6.45) is 12.2. The van der Waals surface area contributed by atoms with Crippen LogP contribution in [-0.2, 0) is 4.74 Å². The third kappa shape index (κ3) is 5.25. The number of amides is 1. The van der Waals surface area contributed by atoms with Gasteiger partial charge < -0.3 is 15.4 Å². The summed E-state index contributed by atoms with van der Waals surface area (Å²) in [5.41, 5.74) is 0.630. The smallest absolute Gasteiger partial charge is 0.272 e. The molecule has 0 aromatic carbocycles. The Hall–Kier alpha value is -1.73. The molecule has 2 saturated heterocycles. The van der Waals surface area contributed by atoms with E-state index < -0.39 is 0 Å². The number of carbonyl (C=O) groups is 1. The molecule has 2 aliphatic heterocycles.